The van der Waals surface area contributed by atoms with E-state index in [4.69, 9.17) is 4.74 Å². The van der Waals surface area contributed by atoms with E-state index in [0.29, 0.717) is 0 Å². The highest BCUT2D eigenvalue weighted by molar-refractivity contribution is 6.00. The van der Waals surface area contributed by atoms with Crippen LogP contribution in [0.5, 0.6) is 0 Å². The van der Waals surface area contributed by atoms with Gasteiger partial charge < -0.3 is 20.3 Å². The Balaban J connectivity index is 1.64. The molecule has 0 radical (unpaired) electrons. The van der Waals surface area contributed by atoms with Crippen molar-refractivity contribution < 1.29 is 19.1 Å². The molecule has 166 valence electrons. The average Bonchev–Trinajstić information content (AvgIpc) is 3.28. The Morgan fingerprint density at radius 2 is 1.83 bits per heavy atom. The van der Waals surface area contributed by atoms with Crippen molar-refractivity contribution >= 4 is 17.7 Å². The second kappa shape index (κ2) is 7.36. The van der Waals surface area contributed by atoms with E-state index in [9.17, 15) is 14.4 Å². The van der Waals surface area contributed by atoms with E-state index in [1.807, 2.05) is 46.8 Å². The molecule has 3 fully saturated rings. The molecule has 0 aromatic rings. The van der Waals surface area contributed by atoms with Gasteiger partial charge in [0.2, 0.25) is 17.7 Å². The first kappa shape index (κ1) is 21.3. The molecule has 4 aliphatic rings. The first-order valence-electron chi connectivity index (χ1n) is 11.4. The van der Waals surface area contributed by atoms with Gasteiger partial charge >= 0.3 is 0 Å². The number of hydrogen-bond acceptors (Lipinski definition) is 4. The summed E-state index contributed by atoms with van der Waals surface area (Å²) >= 11 is 0. The average molecular weight is 418 g/mol. The van der Waals surface area contributed by atoms with E-state index < -0.39 is 35.1 Å². The van der Waals surface area contributed by atoms with E-state index in [0.717, 1.165) is 25.7 Å². The second-order valence-corrected chi connectivity index (χ2v) is 10.6. The molecule has 1 saturated carbocycles. The number of ether oxygens (including phenoxy) is 1. The summed E-state index contributed by atoms with van der Waals surface area (Å²) in [5.41, 5.74) is -1.51. The highest BCUT2D eigenvalue weighted by atomic mass is 16.5. The summed E-state index contributed by atoms with van der Waals surface area (Å²) in [5, 5.41) is 6.20. The SMILES string of the molecule is CC(C)N1C(=O)[C@H]2[C@@H](C(=O)NC3CCCCC3)[C@@H]3C=C[C@@]2(O3)[C@@H]1C(=O)NC(C)(C)C. The van der Waals surface area contributed by atoms with Crippen molar-refractivity contribution in [2.24, 2.45) is 11.8 Å². The van der Waals surface area contributed by atoms with E-state index in [-0.39, 0.29) is 29.8 Å². The van der Waals surface area contributed by atoms with Crippen LogP contribution in [0.4, 0.5) is 0 Å². The molecule has 0 aromatic carbocycles. The number of amides is 3. The van der Waals surface area contributed by atoms with Gasteiger partial charge in [-0.3, -0.25) is 14.4 Å². The summed E-state index contributed by atoms with van der Waals surface area (Å²) < 4.78 is 6.31. The fourth-order valence-corrected chi connectivity index (χ4v) is 5.74. The Morgan fingerprint density at radius 3 is 2.43 bits per heavy atom. The zero-order chi connectivity index (χ0) is 21.8. The van der Waals surface area contributed by atoms with Crippen molar-refractivity contribution in [3.05, 3.63) is 12.2 Å². The number of nitrogens with zero attached hydrogens (tertiary/aromatic N) is 1. The second-order valence-electron chi connectivity index (χ2n) is 10.6. The van der Waals surface area contributed by atoms with Gasteiger partial charge in [-0.2, -0.15) is 0 Å². The molecular formula is C23H35N3O4. The summed E-state index contributed by atoms with van der Waals surface area (Å²) in [7, 11) is 0. The molecule has 3 aliphatic heterocycles. The van der Waals surface area contributed by atoms with Crippen LogP contribution in [0.15, 0.2) is 12.2 Å². The third-order valence-electron chi connectivity index (χ3n) is 6.87. The molecule has 7 heteroatoms. The summed E-state index contributed by atoms with van der Waals surface area (Å²) in [5.74, 6) is -1.75. The van der Waals surface area contributed by atoms with Gasteiger partial charge in [-0.25, -0.2) is 0 Å². The van der Waals surface area contributed by atoms with Crippen LogP contribution >= 0.6 is 0 Å². The lowest BCUT2D eigenvalue weighted by molar-refractivity contribution is -0.144. The molecule has 0 aromatic heterocycles. The summed E-state index contributed by atoms with van der Waals surface area (Å²) in [4.78, 5) is 41.8. The monoisotopic (exact) mass is 417 g/mol. The number of carbonyl (C=O) groups excluding carboxylic acids is 3. The zero-order valence-corrected chi connectivity index (χ0v) is 18.7. The van der Waals surface area contributed by atoms with E-state index >= 15 is 0 Å². The van der Waals surface area contributed by atoms with Crippen LogP contribution < -0.4 is 10.6 Å². The molecule has 30 heavy (non-hydrogen) atoms. The third-order valence-corrected chi connectivity index (χ3v) is 6.87. The Hall–Kier alpha value is -1.89. The van der Waals surface area contributed by atoms with Crippen molar-refractivity contribution in [3.63, 3.8) is 0 Å². The first-order valence-corrected chi connectivity index (χ1v) is 11.4. The van der Waals surface area contributed by atoms with Crippen LogP contribution in [0.3, 0.4) is 0 Å². The van der Waals surface area contributed by atoms with Gasteiger partial charge in [0.15, 0.2) is 0 Å². The van der Waals surface area contributed by atoms with Crippen LogP contribution in [0.1, 0.15) is 66.7 Å². The molecule has 2 bridgehead atoms. The van der Waals surface area contributed by atoms with Crippen molar-refractivity contribution in [1.82, 2.24) is 15.5 Å². The topological polar surface area (TPSA) is 87.7 Å². The standard InChI is InChI=1S/C23H35N3O4/c1-13(2)26-18(20(28)25-22(3,4)5)23-12-11-15(30-23)16(17(23)21(26)29)19(27)24-14-9-7-6-8-10-14/h11-18H,6-10H2,1-5H3,(H,24,27)(H,25,28)/t15-,16-,17+,18-,23-/m0/s1. The minimum atomic E-state index is -1.07. The Bertz CT molecular complexity index is 765. The Morgan fingerprint density at radius 1 is 1.17 bits per heavy atom. The van der Waals surface area contributed by atoms with Gasteiger partial charge in [-0.05, 0) is 47.5 Å². The predicted octanol–water partition coefficient (Wildman–Crippen LogP) is 1.91. The highest BCUT2D eigenvalue weighted by Gasteiger charge is 2.73. The maximum absolute atomic E-state index is 13.6. The van der Waals surface area contributed by atoms with Crippen molar-refractivity contribution in [3.8, 4) is 0 Å². The predicted molar refractivity (Wildman–Crippen MR) is 112 cm³/mol. The van der Waals surface area contributed by atoms with Gasteiger partial charge in [0.1, 0.15) is 11.6 Å². The smallest absolute Gasteiger partial charge is 0.246 e. The van der Waals surface area contributed by atoms with Gasteiger partial charge in [0.05, 0.1) is 17.9 Å². The fourth-order valence-electron chi connectivity index (χ4n) is 5.74. The van der Waals surface area contributed by atoms with Gasteiger partial charge in [0.25, 0.3) is 0 Å². The van der Waals surface area contributed by atoms with Crippen molar-refractivity contribution in [2.45, 2.75) is 102 Å². The van der Waals surface area contributed by atoms with Crippen LogP contribution in [-0.4, -0.2) is 58.0 Å². The first-order chi connectivity index (χ1) is 14.0. The lowest BCUT2D eigenvalue weighted by Crippen LogP contribution is -2.59. The van der Waals surface area contributed by atoms with Crippen LogP contribution in [0.2, 0.25) is 0 Å². The largest absolute Gasteiger partial charge is 0.359 e. The maximum atomic E-state index is 13.6. The van der Waals surface area contributed by atoms with Crippen LogP contribution in [-0.2, 0) is 19.1 Å². The molecule has 2 saturated heterocycles. The molecule has 1 aliphatic carbocycles. The highest BCUT2D eigenvalue weighted by Crippen LogP contribution is 2.55. The molecular weight excluding hydrogens is 382 g/mol. The summed E-state index contributed by atoms with van der Waals surface area (Å²) in [6, 6.07) is -0.780. The maximum Gasteiger partial charge on any atom is 0.246 e. The molecule has 7 nitrogen and oxygen atoms in total. The fraction of sp³-hybridized carbons (Fsp3) is 0.783. The van der Waals surface area contributed by atoms with Gasteiger partial charge in [-0.1, -0.05) is 31.4 Å². The normalized spacial score (nSPS) is 35.8. The molecule has 4 rings (SSSR count). The Labute approximate surface area is 179 Å². The lowest BCUT2D eigenvalue weighted by Gasteiger charge is -2.36. The third kappa shape index (κ3) is 3.35. The molecule has 5 atom stereocenters. The number of fused-ring (bicyclic) bond motifs is 1. The lowest BCUT2D eigenvalue weighted by atomic mass is 9.74. The van der Waals surface area contributed by atoms with E-state index in [2.05, 4.69) is 10.6 Å². The summed E-state index contributed by atoms with van der Waals surface area (Å²) in [6.07, 6.45) is 8.70. The minimum Gasteiger partial charge on any atom is -0.359 e. The number of rotatable bonds is 4. The van der Waals surface area contributed by atoms with Gasteiger partial charge in [0, 0.05) is 17.6 Å². The molecule has 1 spiro atoms. The molecule has 2 N–H and O–H groups in total. The quantitative estimate of drug-likeness (QED) is 0.684. The van der Waals surface area contributed by atoms with E-state index in [1.165, 1.54) is 6.42 Å². The van der Waals surface area contributed by atoms with E-state index in [1.54, 1.807) is 4.90 Å². The molecule has 0 unspecified atom stereocenters. The Kier molecular flexibility index (Phi) is 5.24. The number of nitrogens with one attached hydrogen (secondary N) is 2. The number of hydrogen-bond donors (Lipinski definition) is 2. The van der Waals surface area contributed by atoms with Crippen molar-refractivity contribution in [1.29, 1.82) is 0 Å². The molecule has 3 heterocycles. The number of likely N-dealkylation sites (tertiary alicyclic amines) is 1. The van der Waals surface area contributed by atoms with Crippen LogP contribution in [0.25, 0.3) is 0 Å². The number of carbonyl (C=O) groups is 3. The van der Waals surface area contributed by atoms with Crippen LogP contribution in [0, 0.1) is 11.8 Å². The molecule has 3 amide bonds. The van der Waals surface area contributed by atoms with Gasteiger partial charge in [-0.15, -0.1) is 0 Å². The summed E-state index contributed by atoms with van der Waals surface area (Å²) in [6.45, 7) is 9.56. The zero-order valence-electron chi connectivity index (χ0n) is 18.7. The minimum absolute atomic E-state index is 0.114. The van der Waals surface area contributed by atoms with Crippen molar-refractivity contribution in [2.75, 3.05) is 0 Å².